The van der Waals surface area contributed by atoms with E-state index in [-0.39, 0.29) is 11.9 Å². The number of carbonyl (C=O) groups excluding carboxylic acids is 2. The predicted octanol–water partition coefficient (Wildman–Crippen LogP) is 18.3. The fourth-order valence-corrected chi connectivity index (χ4v) is 8.77. The molecule has 0 aliphatic heterocycles. The van der Waals surface area contributed by atoms with Crippen LogP contribution >= 0.6 is 0 Å². The van der Waals surface area contributed by atoms with Crippen molar-refractivity contribution >= 4 is 33.5 Å². The third-order valence-electron chi connectivity index (χ3n) is 12.8. The molecule has 0 atom stereocenters. The third-order valence-corrected chi connectivity index (χ3v) is 12.8. The Labute approximate surface area is 403 Å². The van der Waals surface area contributed by atoms with Gasteiger partial charge in [0.2, 0.25) is 0 Å². The van der Waals surface area contributed by atoms with Crippen LogP contribution in [0.4, 0.5) is 0 Å². The molecule has 66 heavy (non-hydrogen) atoms. The van der Waals surface area contributed by atoms with Gasteiger partial charge in [0, 0.05) is 33.7 Å². The molecule has 0 heterocycles. The molecule has 0 bridgehead atoms. The molecule has 3 aromatic carbocycles. The molecule has 0 spiro atoms. The topological polar surface area (TPSA) is 71.1 Å². The first-order valence-corrected chi connectivity index (χ1v) is 27.5. The number of allylic oxidation sites excluding steroid dienone is 2. The number of benzene rings is 3. The van der Waals surface area contributed by atoms with Gasteiger partial charge < -0.3 is 18.9 Å². The van der Waals surface area contributed by atoms with Crippen molar-refractivity contribution in [3.05, 3.63) is 72.8 Å². The third kappa shape index (κ3) is 27.1. The van der Waals surface area contributed by atoms with E-state index in [1.807, 2.05) is 12.2 Å². The molecule has 0 saturated carbocycles. The first-order chi connectivity index (χ1) is 32.7. The van der Waals surface area contributed by atoms with Crippen molar-refractivity contribution in [2.75, 3.05) is 26.4 Å². The van der Waals surface area contributed by atoms with Gasteiger partial charge in [-0.3, -0.25) is 0 Å². The monoisotopic (exact) mass is 911 g/mol. The number of unbranched alkanes of at least 4 members (excludes halogenated alkanes) is 30. The summed E-state index contributed by atoms with van der Waals surface area (Å²) in [5.41, 5.74) is 0. The Morgan fingerprint density at radius 3 is 0.879 bits per heavy atom. The van der Waals surface area contributed by atoms with Crippen LogP contribution in [0.1, 0.15) is 232 Å². The van der Waals surface area contributed by atoms with Crippen molar-refractivity contribution in [1.29, 1.82) is 0 Å². The van der Waals surface area contributed by atoms with Gasteiger partial charge in [-0.05, 0) is 51.4 Å². The average Bonchev–Trinajstić information content (AvgIpc) is 3.33. The van der Waals surface area contributed by atoms with Gasteiger partial charge in [-0.15, -0.1) is 0 Å². The van der Waals surface area contributed by atoms with E-state index in [1.165, 1.54) is 154 Å². The molecule has 0 aliphatic rings. The molecule has 0 unspecified atom stereocenters. The van der Waals surface area contributed by atoms with Crippen molar-refractivity contribution in [1.82, 2.24) is 0 Å². The van der Waals surface area contributed by atoms with Crippen molar-refractivity contribution < 1.29 is 28.5 Å². The summed E-state index contributed by atoms with van der Waals surface area (Å²) in [5.74, 6) is 1.62. The summed E-state index contributed by atoms with van der Waals surface area (Å²) >= 11 is 0. The minimum absolute atomic E-state index is 0.194. The molecule has 0 N–H and O–H groups in total. The minimum Gasteiger partial charge on any atom is -0.492 e. The Balaban J connectivity index is 1.17. The molecule has 3 aromatic rings. The molecule has 0 saturated heterocycles. The van der Waals surface area contributed by atoms with Crippen LogP contribution in [0.5, 0.6) is 11.5 Å². The molecule has 3 rings (SSSR count). The van der Waals surface area contributed by atoms with Gasteiger partial charge in [-0.1, -0.05) is 241 Å². The van der Waals surface area contributed by atoms with Crippen LogP contribution < -0.4 is 9.47 Å². The molecule has 0 amide bonds. The zero-order valence-corrected chi connectivity index (χ0v) is 42.2. The van der Waals surface area contributed by atoms with Crippen LogP contribution in [0.2, 0.25) is 0 Å². The molecule has 0 fully saturated rings. The van der Waals surface area contributed by atoms with E-state index in [1.54, 1.807) is 12.2 Å². The smallest absolute Gasteiger partial charge is 0.330 e. The standard InChI is InChI=1S/C60H94O6/c1-3-5-49-63-57(61)47-35-31-27-23-19-15-11-7-9-13-17-21-25-29-33-41-51-65-59-53-43-37-39-45-55(53)60(56-46-40-38-44-54(56)59)66-52-42-34-30-26-22-18-14-10-8-12-16-20-24-28-32-36-48-58(62)64-50-6-4-2/h35-40,43-48H,3-34,41-42,49-52H2,1-2H3. The molecule has 0 radical (unpaired) electrons. The minimum atomic E-state index is -0.194. The van der Waals surface area contributed by atoms with Crippen LogP contribution in [0, 0.1) is 0 Å². The van der Waals surface area contributed by atoms with E-state index in [9.17, 15) is 9.59 Å². The van der Waals surface area contributed by atoms with Crippen LogP contribution in [0.3, 0.4) is 0 Å². The number of hydrogen-bond donors (Lipinski definition) is 0. The summed E-state index contributed by atoms with van der Waals surface area (Å²) in [5, 5.41) is 4.61. The van der Waals surface area contributed by atoms with Gasteiger partial charge >= 0.3 is 11.9 Å². The largest absolute Gasteiger partial charge is 0.492 e. The Morgan fingerprint density at radius 2 is 0.606 bits per heavy atom. The maximum absolute atomic E-state index is 11.6. The van der Waals surface area contributed by atoms with Crippen LogP contribution in [0.25, 0.3) is 21.5 Å². The normalized spacial score (nSPS) is 11.7. The number of rotatable bonds is 44. The fraction of sp³-hybridized carbons (Fsp3) is 0.667. The predicted molar refractivity (Wildman–Crippen MR) is 281 cm³/mol. The number of carbonyl (C=O) groups is 2. The molecule has 0 aliphatic carbocycles. The van der Waals surface area contributed by atoms with Crippen LogP contribution in [-0.2, 0) is 19.1 Å². The number of hydrogen-bond acceptors (Lipinski definition) is 6. The molecular formula is C60H94O6. The number of esters is 2. The van der Waals surface area contributed by atoms with Gasteiger partial charge in [0.1, 0.15) is 11.5 Å². The second kappa shape index (κ2) is 40.3. The maximum Gasteiger partial charge on any atom is 0.330 e. The van der Waals surface area contributed by atoms with Crippen molar-refractivity contribution in [3.8, 4) is 11.5 Å². The van der Waals surface area contributed by atoms with Crippen molar-refractivity contribution in [2.24, 2.45) is 0 Å². The summed E-state index contributed by atoms with van der Waals surface area (Å²) in [6.45, 7) is 6.77. The van der Waals surface area contributed by atoms with Crippen LogP contribution in [0.15, 0.2) is 72.8 Å². The second-order valence-electron chi connectivity index (χ2n) is 18.8. The van der Waals surface area contributed by atoms with E-state index < -0.39 is 0 Å². The summed E-state index contributed by atoms with van der Waals surface area (Å²) in [6.07, 6.45) is 49.4. The van der Waals surface area contributed by atoms with Gasteiger partial charge in [-0.25, -0.2) is 9.59 Å². The maximum atomic E-state index is 11.6. The molecule has 370 valence electrons. The lowest BCUT2D eigenvalue weighted by Gasteiger charge is -2.18. The summed E-state index contributed by atoms with van der Waals surface area (Å²) < 4.78 is 23.5. The first-order valence-electron chi connectivity index (χ1n) is 27.5. The molecule has 0 aromatic heterocycles. The van der Waals surface area contributed by atoms with E-state index >= 15 is 0 Å². The van der Waals surface area contributed by atoms with E-state index in [4.69, 9.17) is 18.9 Å². The molecule has 6 heteroatoms. The van der Waals surface area contributed by atoms with Crippen molar-refractivity contribution in [3.63, 3.8) is 0 Å². The van der Waals surface area contributed by atoms with Crippen LogP contribution in [-0.4, -0.2) is 38.4 Å². The molecular weight excluding hydrogens is 817 g/mol. The lowest BCUT2D eigenvalue weighted by Crippen LogP contribution is -2.02. The lowest BCUT2D eigenvalue weighted by molar-refractivity contribution is -0.138. The van der Waals surface area contributed by atoms with E-state index in [0.29, 0.717) is 13.2 Å². The van der Waals surface area contributed by atoms with Gasteiger partial charge in [-0.2, -0.15) is 0 Å². The summed E-state index contributed by atoms with van der Waals surface area (Å²) in [4.78, 5) is 23.2. The molecule has 6 nitrogen and oxygen atoms in total. The average molecular weight is 911 g/mol. The highest BCUT2D eigenvalue weighted by Crippen LogP contribution is 2.43. The first kappa shape index (κ1) is 56.5. The highest BCUT2D eigenvalue weighted by molar-refractivity contribution is 6.11. The zero-order chi connectivity index (χ0) is 46.8. The Kier molecular flexibility index (Phi) is 34.5. The van der Waals surface area contributed by atoms with E-state index in [2.05, 4.69) is 62.4 Å². The quantitative estimate of drug-likeness (QED) is 0.0244. The highest BCUT2D eigenvalue weighted by Gasteiger charge is 2.16. The van der Waals surface area contributed by atoms with Gasteiger partial charge in [0.25, 0.3) is 0 Å². The summed E-state index contributed by atoms with van der Waals surface area (Å²) in [6, 6.07) is 17.3. The fourth-order valence-electron chi connectivity index (χ4n) is 8.77. The summed E-state index contributed by atoms with van der Waals surface area (Å²) in [7, 11) is 0. The Hall–Kier alpha value is -3.80. The Bertz CT molecular complexity index is 1530. The number of ether oxygens (including phenoxy) is 4. The van der Waals surface area contributed by atoms with E-state index in [0.717, 1.165) is 110 Å². The lowest BCUT2D eigenvalue weighted by atomic mass is 10.0. The zero-order valence-electron chi connectivity index (χ0n) is 42.2. The van der Waals surface area contributed by atoms with Gasteiger partial charge in [0.15, 0.2) is 0 Å². The SMILES string of the molecule is CCCCOC(=O)C=CCCCCCCCCCCCCCCCCOc1c2ccccc2c(OCCCCCCCCCCCCCCCCC=CC(=O)OCCCC)c2ccccc12. The van der Waals surface area contributed by atoms with Gasteiger partial charge in [0.05, 0.1) is 26.4 Å². The highest BCUT2D eigenvalue weighted by atomic mass is 16.5. The second-order valence-corrected chi connectivity index (χ2v) is 18.8. The van der Waals surface area contributed by atoms with Crippen molar-refractivity contribution in [2.45, 2.75) is 232 Å². The Morgan fingerprint density at radius 1 is 0.348 bits per heavy atom. The number of fused-ring (bicyclic) bond motifs is 2.